The van der Waals surface area contributed by atoms with Crippen LogP contribution >= 0.6 is 11.3 Å². The summed E-state index contributed by atoms with van der Waals surface area (Å²) in [5, 5.41) is 0. The number of carbonyl (C=O) groups is 3. The zero-order valence-electron chi connectivity index (χ0n) is 8.18. The van der Waals surface area contributed by atoms with Crippen LogP contribution < -0.4 is 0 Å². The minimum atomic E-state index is -0.625. The van der Waals surface area contributed by atoms with Gasteiger partial charge in [-0.3, -0.25) is 9.59 Å². The number of hydrogen-bond acceptors (Lipinski definition) is 6. The fourth-order valence-corrected chi connectivity index (χ4v) is 2.80. The number of Topliss-reactive ketones (excluding diaryl/α,β-unsaturated/α-hetero) is 2. The number of thiophene rings is 1. The number of hydrogen-bond donors (Lipinski definition) is 0. The van der Waals surface area contributed by atoms with Crippen LogP contribution in [0.4, 0.5) is 0 Å². The van der Waals surface area contributed by atoms with Crippen LogP contribution in [0.2, 0.25) is 0 Å². The summed E-state index contributed by atoms with van der Waals surface area (Å²) in [4.78, 5) is 35.3. The second-order valence-corrected chi connectivity index (χ2v) is 4.60. The van der Waals surface area contributed by atoms with Crippen molar-refractivity contribution in [2.75, 3.05) is 7.11 Å². The van der Waals surface area contributed by atoms with E-state index in [9.17, 15) is 14.4 Å². The van der Waals surface area contributed by atoms with Gasteiger partial charge in [0, 0.05) is 5.56 Å². The normalized spacial score (nSPS) is 26.1. The Labute approximate surface area is 94.0 Å². The van der Waals surface area contributed by atoms with E-state index >= 15 is 0 Å². The maximum absolute atomic E-state index is 11.7. The summed E-state index contributed by atoms with van der Waals surface area (Å²) < 4.78 is 9.50. The fraction of sp³-hybridized carbons (Fsp3) is 0.300. The molecule has 0 aromatic carbocycles. The Morgan fingerprint density at radius 2 is 2.06 bits per heavy atom. The summed E-state index contributed by atoms with van der Waals surface area (Å²) in [6, 6.07) is 1.41. The van der Waals surface area contributed by atoms with Gasteiger partial charge in [-0.15, -0.1) is 11.3 Å². The highest BCUT2D eigenvalue weighted by atomic mass is 32.1. The molecule has 1 fully saturated rings. The molecule has 2 aliphatic rings. The highest BCUT2D eigenvalue weighted by molar-refractivity contribution is 7.16. The van der Waals surface area contributed by atoms with Gasteiger partial charge in [0.2, 0.25) is 5.78 Å². The van der Waals surface area contributed by atoms with E-state index in [-0.39, 0.29) is 22.0 Å². The van der Waals surface area contributed by atoms with Crippen LogP contribution in [0.25, 0.3) is 0 Å². The second-order valence-electron chi connectivity index (χ2n) is 3.55. The number of carbonyl (C=O) groups excluding carboxylic acids is 3. The Hall–Kier alpha value is -1.53. The molecule has 0 saturated carbocycles. The quantitative estimate of drug-likeness (QED) is 0.531. The van der Waals surface area contributed by atoms with Gasteiger partial charge in [-0.1, -0.05) is 0 Å². The molecule has 0 unspecified atom stereocenters. The Bertz CT molecular complexity index is 492. The van der Waals surface area contributed by atoms with Crippen molar-refractivity contribution in [3.8, 4) is 0 Å². The summed E-state index contributed by atoms with van der Waals surface area (Å²) >= 11 is 0.985. The van der Waals surface area contributed by atoms with Crippen molar-refractivity contribution in [2.24, 2.45) is 0 Å². The minimum Gasteiger partial charge on any atom is -0.465 e. The average Bonchev–Trinajstić information content (AvgIpc) is 2.96. The molecule has 82 valence electrons. The monoisotopic (exact) mass is 238 g/mol. The van der Waals surface area contributed by atoms with Gasteiger partial charge in [0.1, 0.15) is 4.88 Å². The number of epoxide rings is 1. The molecule has 1 aliphatic heterocycles. The van der Waals surface area contributed by atoms with Crippen LogP contribution in [-0.4, -0.2) is 36.9 Å². The summed E-state index contributed by atoms with van der Waals surface area (Å²) in [7, 11) is 1.26. The number of ether oxygens (including phenoxy) is 2. The lowest BCUT2D eigenvalue weighted by molar-refractivity contribution is 0.0606. The lowest BCUT2D eigenvalue weighted by atomic mass is 9.97. The molecule has 0 bridgehead atoms. The third-order valence-electron chi connectivity index (χ3n) is 2.62. The molecule has 5 nitrogen and oxygen atoms in total. The van der Waals surface area contributed by atoms with Crippen molar-refractivity contribution in [3.05, 3.63) is 21.4 Å². The lowest BCUT2D eigenvalue weighted by Gasteiger charge is -2.02. The number of methoxy groups -OCH3 is 1. The molecule has 16 heavy (non-hydrogen) atoms. The van der Waals surface area contributed by atoms with Gasteiger partial charge in [-0.2, -0.15) is 0 Å². The molecule has 2 heterocycles. The molecule has 0 N–H and O–H groups in total. The summed E-state index contributed by atoms with van der Waals surface area (Å²) in [5.41, 5.74) is 0.286. The molecule has 1 aliphatic carbocycles. The highest BCUT2D eigenvalue weighted by Crippen LogP contribution is 2.39. The maximum Gasteiger partial charge on any atom is 0.348 e. The first-order valence-corrected chi connectivity index (χ1v) is 5.41. The van der Waals surface area contributed by atoms with Crippen molar-refractivity contribution in [2.45, 2.75) is 12.2 Å². The standard InChI is InChI=1S/C10H6O5S/c1-14-10(13)4-2-3-5(11)7-8(15-7)6(12)9(3)16-4/h2,7-8H,1H3/t7-,8+/m0/s1. The third-order valence-corrected chi connectivity index (χ3v) is 3.75. The first-order chi connectivity index (χ1) is 7.63. The summed E-state index contributed by atoms with van der Waals surface area (Å²) in [6.07, 6.45) is -1.25. The van der Waals surface area contributed by atoms with Crippen molar-refractivity contribution >= 4 is 28.9 Å². The van der Waals surface area contributed by atoms with E-state index in [4.69, 9.17) is 4.74 Å². The number of ketones is 2. The van der Waals surface area contributed by atoms with E-state index < -0.39 is 18.2 Å². The first-order valence-electron chi connectivity index (χ1n) is 4.59. The van der Waals surface area contributed by atoms with E-state index in [1.54, 1.807) is 0 Å². The van der Waals surface area contributed by atoms with Gasteiger partial charge in [0.15, 0.2) is 18.0 Å². The molecule has 1 saturated heterocycles. The molecule has 0 radical (unpaired) electrons. The summed E-state index contributed by atoms with van der Waals surface area (Å²) in [6.45, 7) is 0. The van der Waals surface area contributed by atoms with E-state index in [2.05, 4.69) is 4.74 Å². The molecule has 6 heteroatoms. The zero-order chi connectivity index (χ0) is 11.4. The van der Waals surface area contributed by atoms with Gasteiger partial charge >= 0.3 is 5.97 Å². The number of rotatable bonds is 1. The Kier molecular flexibility index (Phi) is 1.81. The third kappa shape index (κ3) is 1.11. The lowest BCUT2D eigenvalue weighted by Crippen LogP contribution is -2.23. The van der Waals surface area contributed by atoms with E-state index in [1.807, 2.05) is 0 Å². The molecule has 2 atom stereocenters. The van der Waals surface area contributed by atoms with Crippen LogP contribution in [0.3, 0.4) is 0 Å². The molecular formula is C10H6O5S. The second kappa shape index (κ2) is 2.99. The van der Waals surface area contributed by atoms with Gasteiger partial charge in [0.05, 0.1) is 12.0 Å². The predicted octanol–water partition coefficient (Wildman–Crippen LogP) is 0.681. The predicted molar refractivity (Wildman–Crippen MR) is 53.0 cm³/mol. The Balaban J connectivity index is 2.10. The van der Waals surface area contributed by atoms with Gasteiger partial charge in [-0.25, -0.2) is 4.79 Å². The zero-order valence-corrected chi connectivity index (χ0v) is 9.00. The molecule has 1 aromatic heterocycles. The number of fused-ring (bicyclic) bond motifs is 2. The first kappa shape index (κ1) is 9.68. The van der Waals surface area contributed by atoms with Crippen molar-refractivity contribution < 1.29 is 23.9 Å². The van der Waals surface area contributed by atoms with Crippen LogP contribution in [0.1, 0.15) is 29.7 Å². The Morgan fingerprint density at radius 1 is 1.38 bits per heavy atom. The average molecular weight is 238 g/mol. The maximum atomic E-state index is 11.7. The Morgan fingerprint density at radius 3 is 2.75 bits per heavy atom. The fourth-order valence-electron chi connectivity index (χ4n) is 1.75. The molecule has 0 spiro atoms. The van der Waals surface area contributed by atoms with E-state index in [1.165, 1.54) is 13.2 Å². The van der Waals surface area contributed by atoms with Crippen LogP contribution in [0.5, 0.6) is 0 Å². The van der Waals surface area contributed by atoms with Gasteiger partial charge in [0.25, 0.3) is 0 Å². The largest absolute Gasteiger partial charge is 0.465 e. The SMILES string of the molecule is COC(=O)c1cc2c(s1)C(=O)[C@H]1O[C@H]1C2=O. The van der Waals surface area contributed by atoms with Crippen LogP contribution in [0, 0.1) is 0 Å². The van der Waals surface area contributed by atoms with Gasteiger partial charge < -0.3 is 9.47 Å². The highest BCUT2D eigenvalue weighted by Gasteiger charge is 2.56. The molecular weight excluding hydrogens is 232 g/mol. The molecule has 1 aromatic rings. The van der Waals surface area contributed by atoms with Crippen molar-refractivity contribution in [1.29, 1.82) is 0 Å². The molecule has 0 amide bonds. The van der Waals surface area contributed by atoms with Crippen molar-refractivity contribution in [1.82, 2.24) is 0 Å². The minimum absolute atomic E-state index is 0.209. The van der Waals surface area contributed by atoms with Crippen LogP contribution in [0.15, 0.2) is 6.07 Å². The van der Waals surface area contributed by atoms with Gasteiger partial charge in [-0.05, 0) is 6.07 Å². The molecule has 3 rings (SSSR count). The smallest absolute Gasteiger partial charge is 0.348 e. The van der Waals surface area contributed by atoms with E-state index in [0.717, 1.165) is 11.3 Å². The number of esters is 1. The van der Waals surface area contributed by atoms with Crippen LogP contribution in [-0.2, 0) is 9.47 Å². The van der Waals surface area contributed by atoms with E-state index in [0.29, 0.717) is 4.88 Å². The topological polar surface area (TPSA) is 73.0 Å². The van der Waals surface area contributed by atoms with Crippen molar-refractivity contribution in [3.63, 3.8) is 0 Å². The summed E-state index contributed by atoms with van der Waals surface area (Å²) in [5.74, 6) is -0.958.